The van der Waals surface area contributed by atoms with Gasteiger partial charge in [-0.15, -0.1) is 0 Å². The predicted octanol–water partition coefficient (Wildman–Crippen LogP) is 4.58. The van der Waals surface area contributed by atoms with E-state index < -0.39 is 0 Å². The summed E-state index contributed by atoms with van der Waals surface area (Å²) in [4.78, 5) is 19.5. The van der Waals surface area contributed by atoms with Crippen LogP contribution in [-0.2, 0) is 19.9 Å². The van der Waals surface area contributed by atoms with Crippen LogP contribution in [0.3, 0.4) is 0 Å². The zero-order valence-corrected chi connectivity index (χ0v) is 17.5. The monoisotopic (exact) mass is 412 g/mol. The number of halogens is 1. The number of hydrogen-bond donors (Lipinski definition) is 0. The van der Waals surface area contributed by atoms with E-state index in [9.17, 15) is 4.79 Å². The summed E-state index contributed by atoms with van der Waals surface area (Å²) < 4.78 is 7.71. The number of carbonyl (C=O) groups is 1. The maximum Gasteiger partial charge on any atom is 0.272 e. The number of aryl methyl sites for hydroxylation is 2. The second kappa shape index (κ2) is 8.41. The molecule has 0 N–H and O–H groups in total. The van der Waals surface area contributed by atoms with Crippen LogP contribution >= 0.6 is 11.6 Å². The van der Waals surface area contributed by atoms with Gasteiger partial charge in [0.25, 0.3) is 5.91 Å². The van der Waals surface area contributed by atoms with Crippen LogP contribution in [0.15, 0.2) is 40.9 Å². The summed E-state index contributed by atoms with van der Waals surface area (Å²) in [6.07, 6.45) is 5.96. The molecule has 0 bridgehead atoms. The number of hydrogen-bond acceptors (Lipinski definition) is 4. The van der Waals surface area contributed by atoms with Gasteiger partial charge in [0.05, 0.1) is 11.9 Å². The summed E-state index contributed by atoms with van der Waals surface area (Å²) in [5.41, 5.74) is 2.56. The zero-order valence-electron chi connectivity index (χ0n) is 16.8. The SMILES string of the molecule is CCCc1cc(C(=O)N2CCCC2c2ncc(Cc3ccccc3Cl)o2)n(C)n1. The molecule has 1 unspecified atom stereocenters. The van der Waals surface area contributed by atoms with Crippen LogP contribution in [0.1, 0.15) is 65.6 Å². The highest BCUT2D eigenvalue weighted by atomic mass is 35.5. The minimum absolute atomic E-state index is 0.0179. The quantitative estimate of drug-likeness (QED) is 0.594. The molecule has 0 aliphatic carbocycles. The van der Waals surface area contributed by atoms with Crippen LogP contribution in [-0.4, -0.2) is 32.1 Å². The third-order valence-electron chi connectivity index (χ3n) is 5.35. The van der Waals surface area contributed by atoms with Gasteiger partial charge in [0.1, 0.15) is 17.5 Å². The number of rotatable bonds is 6. The molecule has 4 rings (SSSR count). The topological polar surface area (TPSA) is 64.2 Å². The molecule has 0 radical (unpaired) electrons. The smallest absolute Gasteiger partial charge is 0.272 e. The van der Waals surface area contributed by atoms with Gasteiger partial charge in [-0.3, -0.25) is 9.48 Å². The molecular formula is C22H25ClN4O2. The Morgan fingerprint density at radius 3 is 2.97 bits per heavy atom. The number of carbonyl (C=O) groups excluding carboxylic acids is 1. The van der Waals surface area contributed by atoms with Crippen molar-refractivity contribution in [3.8, 4) is 0 Å². The molecule has 0 spiro atoms. The summed E-state index contributed by atoms with van der Waals surface area (Å²) >= 11 is 6.26. The van der Waals surface area contributed by atoms with E-state index in [1.165, 1.54) is 0 Å². The van der Waals surface area contributed by atoms with E-state index in [-0.39, 0.29) is 11.9 Å². The summed E-state index contributed by atoms with van der Waals surface area (Å²) in [5, 5.41) is 5.18. The maximum absolute atomic E-state index is 13.2. The zero-order chi connectivity index (χ0) is 20.4. The van der Waals surface area contributed by atoms with Gasteiger partial charge < -0.3 is 9.32 Å². The average Bonchev–Trinajstić information content (AvgIpc) is 3.43. The van der Waals surface area contributed by atoms with Gasteiger partial charge in [-0.2, -0.15) is 5.10 Å². The Morgan fingerprint density at radius 1 is 1.34 bits per heavy atom. The minimum Gasteiger partial charge on any atom is -0.443 e. The molecule has 0 saturated carbocycles. The summed E-state index contributed by atoms with van der Waals surface area (Å²) in [7, 11) is 1.82. The molecular weight excluding hydrogens is 388 g/mol. The van der Waals surface area contributed by atoms with Gasteiger partial charge in [-0.25, -0.2) is 4.98 Å². The molecule has 3 aromatic rings. The Morgan fingerprint density at radius 2 is 2.17 bits per heavy atom. The number of benzene rings is 1. The Labute approximate surface area is 175 Å². The molecule has 1 aromatic carbocycles. The molecule has 1 aliphatic rings. The van der Waals surface area contributed by atoms with E-state index in [0.717, 1.165) is 42.7 Å². The Kier molecular flexibility index (Phi) is 5.72. The predicted molar refractivity (Wildman–Crippen MR) is 111 cm³/mol. The third-order valence-corrected chi connectivity index (χ3v) is 5.72. The fraction of sp³-hybridized carbons (Fsp3) is 0.409. The molecule has 1 saturated heterocycles. The molecule has 3 heterocycles. The van der Waals surface area contributed by atoms with Crippen molar-refractivity contribution < 1.29 is 9.21 Å². The van der Waals surface area contributed by atoms with Gasteiger partial charge in [-0.05, 0) is 37.0 Å². The van der Waals surface area contributed by atoms with Crippen LogP contribution < -0.4 is 0 Å². The van der Waals surface area contributed by atoms with Crippen molar-refractivity contribution in [1.29, 1.82) is 0 Å². The van der Waals surface area contributed by atoms with Gasteiger partial charge in [-0.1, -0.05) is 43.1 Å². The average molecular weight is 413 g/mol. The molecule has 2 aromatic heterocycles. The molecule has 1 atom stereocenters. The lowest BCUT2D eigenvalue weighted by atomic mass is 10.1. The highest BCUT2D eigenvalue weighted by molar-refractivity contribution is 6.31. The summed E-state index contributed by atoms with van der Waals surface area (Å²) in [5.74, 6) is 1.32. The summed E-state index contributed by atoms with van der Waals surface area (Å²) in [6, 6.07) is 9.46. The third kappa shape index (κ3) is 4.08. The first-order chi connectivity index (χ1) is 14.1. The first-order valence-electron chi connectivity index (χ1n) is 10.1. The second-order valence-electron chi connectivity index (χ2n) is 7.48. The van der Waals surface area contributed by atoms with Gasteiger partial charge >= 0.3 is 0 Å². The Balaban J connectivity index is 1.52. The van der Waals surface area contributed by atoms with Crippen LogP contribution in [0.5, 0.6) is 0 Å². The van der Waals surface area contributed by atoms with Crippen molar-refractivity contribution >= 4 is 17.5 Å². The van der Waals surface area contributed by atoms with Crippen molar-refractivity contribution in [3.05, 3.63) is 70.2 Å². The largest absolute Gasteiger partial charge is 0.443 e. The molecule has 1 fully saturated rings. The van der Waals surface area contributed by atoms with E-state index in [1.54, 1.807) is 10.9 Å². The maximum atomic E-state index is 13.2. The lowest BCUT2D eigenvalue weighted by Gasteiger charge is -2.22. The van der Waals surface area contributed by atoms with Crippen molar-refractivity contribution in [2.45, 2.75) is 45.1 Å². The highest BCUT2D eigenvalue weighted by Gasteiger charge is 2.35. The lowest BCUT2D eigenvalue weighted by molar-refractivity contribution is 0.0703. The van der Waals surface area contributed by atoms with E-state index in [2.05, 4.69) is 17.0 Å². The van der Waals surface area contributed by atoms with Gasteiger partial charge in [0.15, 0.2) is 0 Å². The van der Waals surface area contributed by atoms with E-state index in [4.69, 9.17) is 16.0 Å². The van der Waals surface area contributed by atoms with Crippen molar-refractivity contribution in [2.24, 2.45) is 7.05 Å². The second-order valence-corrected chi connectivity index (χ2v) is 7.89. The van der Waals surface area contributed by atoms with Gasteiger partial charge in [0, 0.05) is 25.0 Å². The van der Waals surface area contributed by atoms with Crippen LogP contribution in [0, 0.1) is 0 Å². The first kappa shape index (κ1) is 19.7. The van der Waals surface area contributed by atoms with E-state index >= 15 is 0 Å². The highest BCUT2D eigenvalue weighted by Crippen LogP contribution is 2.33. The van der Waals surface area contributed by atoms with E-state index in [1.807, 2.05) is 42.3 Å². The summed E-state index contributed by atoms with van der Waals surface area (Å²) in [6.45, 7) is 2.80. The van der Waals surface area contributed by atoms with E-state index in [0.29, 0.717) is 29.6 Å². The lowest BCUT2D eigenvalue weighted by Crippen LogP contribution is -2.32. The Hall–Kier alpha value is -2.60. The molecule has 6 nitrogen and oxygen atoms in total. The first-order valence-corrected chi connectivity index (χ1v) is 10.5. The molecule has 152 valence electrons. The number of aromatic nitrogens is 3. The molecule has 1 amide bonds. The number of amides is 1. The number of oxazole rings is 1. The molecule has 7 heteroatoms. The normalized spacial score (nSPS) is 16.5. The van der Waals surface area contributed by atoms with Crippen molar-refractivity contribution in [1.82, 2.24) is 19.7 Å². The fourth-order valence-electron chi connectivity index (χ4n) is 3.91. The van der Waals surface area contributed by atoms with Crippen molar-refractivity contribution in [2.75, 3.05) is 6.54 Å². The van der Waals surface area contributed by atoms with Crippen LogP contribution in [0.2, 0.25) is 5.02 Å². The fourth-order valence-corrected chi connectivity index (χ4v) is 4.11. The van der Waals surface area contributed by atoms with Gasteiger partial charge in [0.2, 0.25) is 5.89 Å². The molecule has 29 heavy (non-hydrogen) atoms. The van der Waals surface area contributed by atoms with Crippen LogP contribution in [0.4, 0.5) is 0 Å². The standard InChI is InChI=1S/C22H25ClN4O2/c1-3-7-16-13-20(26(2)25-16)22(28)27-11-6-10-19(27)21-24-14-17(29-21)12-15-8-4-5-9-18(15)23/h4-5,8-9,13-14,19H,3,6-7,10-12H2,1-2H3. The number of nitrogens with zero attached hydrogens (tertiary/aromatic N) is 4. The van der Waals surface area contributed by atoms with Crippen molar-refractivity contribution in [3.63, 3.8) is 0 Å². The molecule has 1 aliphatic heterocycles. The number of likely N-dealkylation sites (tertiary alicyclic amines) is 1. The minimum atomic E-state index is -0.146. The van der Waals surface area contributed by atoms with Crippen LogP contribution in [0.25, 0.3) is 0 Å². The Bertz CT molecular complexity index is 1010.